The zero-order valence-electron chi connectivity index (χ0n) is 19.1. The lowest BCUT2D eigenvalue weighted by Crippen LogP contribution is -2.89. The average molecular weight is 486 g/mol. The van der Waals surface area contributed by atoms with Gasteiger partial charge in [0.15, 0.2) is 17.3 Å². The molecule has 0 radical (unpaired) electrons. The zero-order chi connectivity index (χ0) is 25.1. The fraction of sp³-hybridized carbons (Fsp3) is 0.583. The van der Waals surface area contributed by atoms with Crippen LogP contribution in [0.25, 0.3) is 0 Å². The molecule has 1 aromatic carbocycles. The molecule has 3 aliphatic heterocycles. The Hall–Kier alpha value is -3.02. The third kappa shape index (κ3) is 2.07. The number of ether oxygens (including phenoxy) is 1. The molecular formula is C24H26N2O9. The second kappa shape index (κ2) is 6.59. The number of Topliss-reactive ketones (excluding diaryl/α,β-unsaturated/α-hetero) is 1. The molecule has 11 nitrogen and oxygen atoms in total. The summed E-state index contributed by atoms with van der Waals surface area (Å²) in [6.07, 6.45) is -0.418. The van der Waals surface area contributed by atoms with Gasteiger partial charge >= 0.3 is 5.97 Å². The van der Waals surface area contributed by atoms with Gasteiger partial charge in [-0.25, -0.2) is 4.79 Å². The number of carboxylic acids is 1. The quantitative estimate of drug-likeness (QED) is 0.391. The lowest BCUT2D eigenvalue weighted by Gasteiger charge is -2.67. The Morgan fingerprint density at radius 3 is 2.49 bits per heavy atom. The Bertz CT molecular complexity index is 1220. The van der Waals surface area contributed by atoms with Crippen LogP contribution >= 0.6 is 0 Å². The third-order valence-corrected chi connectivity index (χ3v) is 9.31. The number of amides is 2. The van der Waals surface area contributed by atoms with Crippen LogP contribution in [0.1, 0.15) is 43.2 Å². The zero-order valence-corrected chi connectivity index (χ0v) is 19.1. The van der Waals surface area contributed by atoms with Crippen LogP contribution in [0.3, 0.4) is 0 Å². The molecule has 1 spiro atoms. The maximum absolute atomic E-state index is 14.1. The van der Waals surface area contributed by atoms with Gasteiger partial charge in [0.2, 0.25) is 23.0 Å². The van der Waals surface area contributed by atoms with Crippen molar-refractivity contribution in [1.82, 2.24) is 9.80 Å². The Balaban J connectivity index is 1.78. The first-order valence-corrected chi connectivity index (χ1v) is 11.7. The van der Waals surface area contributed by atoms with E-state index in [0.717, 1.165) is 0 Å². The number of aliphatic carboxylic acids is 1. The van der Waals surface area contributed by atoms with E-state index >= 15 is 0 Å². The molecule has 3 heterocycles. The number of nitrogens with zero attached hydrogens (tertiary/aromatic N) is 2. The molecule has 5 aliphatic rings. The molecule has 0 unspecified atom stereocenters. The fourth-order valence-electron chi connectivity index (χ4n) is 7.97. The number of imide groups is 1. The predicted octanol–water partition coefficient (Wildman–Crippen LogP) is -0.920. The van der Waals surface area contributed by atoms with Crippen LogP contribution in [0, 0.1) is 0 Å². The Kier molecular flexibility index (Phi) is 4.23. The number of carboxylic acid groups (broad SMARTS) is 1. The number of likely N-dealkylation sites (tertiary alicyclic amines) is 2. The normalized spacial score (nSPS) is 37.2. The highest BCUT2D eigenvalue weighted by molar-refractivity contribution is 6.11. The lowest BCUT2D eigenvalue weighted by molar-refractivity contribution is -0.242. The Morgan fingerprint density at radius 2 is 1.86 bits per heavy atom. The van der Waals surface area contributed by atoms with Crippen molar-refractivity contribution in [2.24, 2.45) is 0 Å². The molecule has 35 heavy (non-hydrogen) atoms. The summed E-state index contributed by atoms with van der Waals surface area (Å²) in [5.41, 5.74) is -7.80. The van der Waals surface area contributed by atoms with Crippen LogP contribution in [0.5, 0.6) is 11.5 Å². The summed E-state index contributed by atoms with van der Waals surface area (Å²) in [5, 5.41) is 44.7. The first kappa shape index (κ1) is 22.4. The second-order valence-electron chi connectivity index (χ2n) is 10.4. The van der Waals surface area contributed by atoms with Gasteiger partial charge < -0.3 is 30.1 Å². The number of rotatable bonds is 4. The molecule has 2 amide bonds. The highest BCUT2D eigenvalue weighted by atomic mass is 16.5. The third-order valence-electron chi connectivity index (χ3n) is 9.31. The number of carbonyl (C=O) groups excluding carboxylic acids is 3. The van der Waals surface area contributed by atoms with Crippen molar-refractivity contribution in [3.63, 3.8) is 0 Å². The number of aromatic hydroxyl groups is 1. The first-order valence-electron chi connectivity index (χ1n) is 11.7. The molecule has 4 N–H and O–H groups in total. The second-order valence-corrected chi connectivity index (χ2v) is 10.4. The van der Waals surface area contributed by atoms with Gasteiger partial charge in [0.1, 0.15) is 0 Å². The van der Waals surface area contributed by atoms with Crippen LogP contribution in [0.2, 0.25) is 0 Å². The van der Waals surface area contributed by atoms with Crippen LogP contribution in [-0.4, -0.2) is 96.8 Å². The standard InChI is InChI=1S/C24H26N2O9/c1-25-9-8-21-18-12-2-3-13(28)19(18)35-24(21,15(29)6-7-23(21,34)14(25)10-12)22(11-27,20(32)33)26-16(30)4-5-17(26)31/h2-3,14,27-28,34H,4-11H2,1H3,(H,32,33)/t14-,21-,22-,23-,24+/m1/s1. The number of phenols is 1. The van der Waals surface area contributed by atoms with E-state index in [1.165, 1.54) is 6.07 Å². The number of hydrogen-bond donors (Lipinski definition) is 4. The summed E-state index contributed by atoms with van der Waals surface area (Å²) in [4.78, 5) is 55.7. The van der Waals surface area contributed by atoms with E-state index in [4.69, 9.17) is 4.74 Å². The summed E-state index contributed by atoms with van der Waals surface area (Å²) in [6, 6.07) is 2.52. The number of likely N-dealkylation sites (N-methyl/N-ethyl adjacent to an activating group) is 1. The number of aliphatic hydroxyl groups excluding tert-OH is 1. The Labute approximate surface area is 199 Å². The molecule has 11 heteroatoms. The van der Waals surface area contributed by atoms with E-state index in [9.17, 15) is 39.6 Å². The van der Waals surface area contributed by atoms with Gasteiger partial charge in [-0.1, -0.05) is 6.07 Å². The van der Waals surface area contributed by atoms with E-state index in [2.05, 4.69) is 0 Å². The van der Waals surface area contributed by atoms with E-state index in [-0.39, 0.29) is 43.6 Å². The summed E-state index contributed by atoms with van der Waals surface area (Å²) in [7, 11) is 1.83. The maximum atomic E-state index is 14.1. The number of hydrogen-bond acceptors (Lipinski definition) is 9. The van der Waals surface area contributed by atoms with Gasteiger partial charge in [0.25, 0.3) is 0 Å². The minimum Gasteiger partial charge on any atom is -0.504 e. The average Bonchev–Trinajstić information content (AvgIpc) is 3.32. The van der Waals surface area contributed by atoms with Gasteiger partial charge in [-0.2, -0.15) is 0 Å². The van der Waals surface area contributed by atoms with Crippen molar-refractivity contribution < 1.29 is 44.3 Å². The molecule has 2 aliphatic carbocycles. The lowest BCUT2D eigenvalue weighted by atomic mass is 9.41. The number of phenolic OH excluding ortho intramolecular Hbond substituents is 1. The molecule has 6 rings (SSSR count). The number of piperidine rings is 1. The van der Waals surface area contributed by atoms with Crippen LogP contribution < -0.4 is 4.74 Å². The topological polar surface area (TPSA) is 165 Å². The molecule has 5 atom stereocenters. The van der Waals surface area contributed by atoms with Gasteiger partial charge in [-0.05, 0) is 44.5 Å². The van der Waals surface area contributed by atoms with E-state index < -0.39 is 58.4 Å². The van der Waals surface area contributed by atoms with Crippen molar-refractivity contribution >= 4 is 23.6 Å². The fourth-order valence-corrected chi connectivity index (χ4v) is 7.97. The van der Waals surface area contributed by atoms with Crippen LogP contribution in [0.4, 0.5) is 0 Å². The van der Waals surface area contributed by atoms with Crippen LogP contribution in [0.15, 0.2) is 12.1 Å². The Morgan fingerprint density at radius 1 is 1.17 bits per heavy atom. The molecule has 186 valence electrons. The minimum atomic E-state index is -2.84. The monoisotopic (exact) mass is 486 g/mol. The highest BCUT2D eigenvalue weighted by Crippen LogP contribution is 2.71. The van der Waals surface area contributed by atoms with E-state index in [0.29, 0.717) is 29.0 Å². The molecule has 0 aromatic heterocycles. The van der Waals surface area contributed by atoms with Crippen LogP contribution in [-0.2, 0) is 31.0 Å². The van der Waals surface area contributed by atoms with Gasteiger partial charge in [-0.15, -0.1) is 0 Å². The van der Waals surface area contributed by atoms with E-state index in [1.54, 1.807) is 6.07 Å². The first-order chi connectivity index (χ1) is 16.5. The van der Waals surface area contributed by atoms with Crippen molar-refractivity contribution in [3.05, 3.63) is 23.3 Å². The minimum absolute atomic E-state index is 0.00348. The largest absolute Gasteiger partial charge is 0.504 e. The molecule has 2 saturated heterocycles. The number of carbonyl (C=O) groups is 4. The van der Waals surface area contributed by atoms with Crippen molar-refractivity contribution in [2.75, 3.05) is 20.2 Å². The molecule has 3 fully saturated rings. The summed E-state index contributed by atoms with van der Waals surface area (Å²) in [6.45, 7) is -0.948. The van der Waals surface area contributed by atoms with Crippen molar-refractivity contribution in [3.8, 4) is 11.5 Å². The molecule has 2 bridgehead atoms. The smallest absolute Gasteiger partial charge is 0.337 e. The van der Waals surface area contributed by atoms with Gasteiger partial charge in [0, 0.05) is 30.9 Å². The summed E-state index contributed by atoms with van der Waals surface area (Å²) < 4.78 is 6.27. The number of benzene rings is 1. The summed E-state index contributed by atoms with van der Waals surface area (Å²) in [5.74, 6) is -4.71. The molecular weight excluding hydrogens is 460 g/mol. The summed E-state index contributed by atoms with van der Waals surface area (Å²) >= 11 is 0. The molecule has 1 saturated carbocycles. The number of aliphatic hydroxyl groups is 2. The SMILES string of the molecule is CN1CC[C@]23c4c5ccc(O)c4O[C@@]2([C@@](CO)(C(=O)O)N2C(=O)CCC2=O)C(=O)CC[C@@]3(O)[C@H]1C5. The number of ketones is 1. The van der Waals surface area contributed by atoms with Crippen molar-refractivity contribution in [1.29, 1.82) is 0 Å². The predicted molar refractivity (Wildman–Crippen MR) is 116 cm³/mol. The highest BCUT2D eigenvalue weighted by Gasteiger charge is 2.87. The molecule has 1 aromatic rings. The van der Waals surface area contributed by atoms with Crippen molar-refractivity contribution in [2.45, 2.75) is 66.7 Å². The van der Waals surface area contributed by atoms with E-state index in [1.807, 2.05) is 11.9 Å². The van der Waals surface area contributed by atoms with Gasteiger partial charge in [-0.3, -0.25) is 19.3 Å². The maximum Gasteiger partial charge on any atom is 0.337 e. The van der Waals surface area contributed by atoms with Gasteiger partial charge in [0.05, 0.1) is 17.6 Å².